The van der Waals surface area contributed by atoms with Crippen LogP contribution in [0.25, 0.3) is 0 Å². The van der Waals surface area contributed by atoms with E-state index in [1.807, 2.05) is 24.3 Å². The third kappa shape index (κ3) is 4.16. The first-order chi connectivity index (χ1) is 13.1. The topological polar surface area (TPSA) is 55.4 Å². The van der Waals surface area contributed by atoms with Crippen LogP contribution in [-0.4, -0.2) is 48.8 Å². The largest absolute Gasteiger partial charge is 0.496 e. The van der Waals surface area contributed by atoms with E-state index in [4.69, 9.17) is 28.4 Å². The van der Waals surface area contributed by atoms with E-state index in [0.717, 1.165) is 16.8 Å². The van der Waals surface area contributed by atoms with Crippen LogP contribution < -0.4 is 39.0 Å². The van der Waals surface area contributed by atoms with Crippen LogP contribution in [0, 0.1) is 0 Å². The summed E-state index contributed by atoms with van der Waals surface area (Å²) in [6.45, 7) is 2.12. The lowest BCUT2D eigenvalue weighted by atomic mass is 10.3. The van der Waals surface area contributed by atoms with E-state index >= 15 is 0 Å². The Morgan fingerprint density at radius 3 is 1.04 bits per heavy atom. The quantitative estimate of drug-likeness (QED) is 0.609. The van der Waals surface area contributed by atoms with Crippen LogP contribution in [0.5, 0.6) is 34.5 Å². The van der Waals surface area contributed by atoms with E-state index < -0.39 is 7.92 Å². The fourth-order valence-corrected chi connectivity index (χ4v) is 5.48. The molecular formula is C20H27O6P. The van der Waals surface area contributed by atoms with E-state index in [1.165, 1.54) is 0 Å². The van der Waals surface area contributed by atoms with Crippen molar-refractivity contribution < 1.29 is 28.4 Å². The highest BCUT2D eigenvalue weighted by atomic mass is 31.1. The Morgan fingerprint density at radius 2 is 0.852 bits per heavy atom. The summed E-state index contributed by atoms with van der Waals surface area (Å²) in [5, 5.41) is 1.94. The van der Waals surface area contributed by atoms with E-state index in [9.17, 15) is 0 Å². The second-order valence-electron chi connectivity index (χ2n) is 5.51. The maximum absolute atomic E-state index is 5.68. The molecule has 7 heteroatoms. The van der Waals surface area contributed by atoms with Crippen LogP contribution in [-0.2, 0) is 0 Å². The van der Waals surface area contributed by atoms with Crippen molar-refractivity contribution in [2.24, 2.45) is 0 Å². The molecule has 0 atom stereocenters. The summed E-state index contributed by atoms with van der Waals surface area (Å²) in [5.41, 5.74) is 0. The van der Waals surface area contributed by atoms with Crippen molar-refractivity contribution in [1.82, 2.24) is 0 Å². The summed E-state index contributed by atoms with van der Waals surface area (Å²) >= 11 is 0. The Morgan fingerprint density at radius 1 is 0.556 bits per heavy atom. The van der Waals surface area contributed by atoms with E-state index in [-0.39, 0.29) is 0 Å². The lowest BCUT2D eigenvalue weighted by Gasteiger charge is -2.26. The van der Waals surface area contributed by atoms with Gasteiger partial charge in [-0.3, -0.25) is 0 Å². The Balaban J connectivity index is 2.78. The van der Waals surface area contributed by atoms with Gasteiger partial charge in [0, 0.05) is 24.3 Å². The standard InChI is InChI=1S/C20H27O6P/c1-8-27(19-15(23-4)9-13(21-2)10-16(19)24-5)20-17(25-6)11-14(22-3)12-18(20)26-7/h9-12H,8H2,1-7H3. The van der Waals surface area contributed by atoms with Crippen molar-refractivity contribution in [2.75, 3.05) is 48.8 Å². The number of ether oxygens (including phenoxy) is 6. The molecule has 0 saturated heterocycles. The Bertz CT molecular complexity index is 664. The van der Waals surface area contributed by atoms with Crippen LogP contribution in [0.4, 0.5) is 0 Å². The van der Waals surface area contributed by atoms with Crippen molar-refractivity contribution in [2.45, 2.75) is 6.92 Å². The van der Waals surface area contributed by atoms with Gasteiger partial charge in [-0.2, -0.15) is 0 Å². The Hall–Kier alpha value is -2.33. The molecule has 0 bridgehead atoms. The van der Waals surface area contributed by atoms with Gasteiger partial charge in [-0.05, 0) is 14.1 Å². The fraction of sp³-hybridized carbons (Fsp3) is 0.400. The van der Waals surface area contributed by atoms with Gasteiger partial charge in [-0.25, -0.2) is 0 Å². The Kier molecular flexibility index (Phi) is 7.43. The van der Waals surface area contributed by atoms with Gasteiger partial charge in [-0.15, -0.1) is 0 Å². The van der Waals surface area contributed by atoms with Crippen LogP contribution in [0.1, 0.15) is 6.92 Å². The average molecular weight is 394 g/mol. The minimum atomic E-state index is -0.901. The maximum Gasteiger partial charge on any atom is 0.134 e. The SMILES string of the molecule is CCP(c1c(OC)cc(OC)cc1OC)c1c(OC)cc(OC)cc1OC. The molecule has 0 aromatic heterocycles. The average Bonchev–Trinajstić information content (AvgIpc) is 2.73. The molecule has 0 radical (unpaired) electrons. The molecule has 2 aromatic carbocycles. The van der Waals surface area contributed by atoms with Crippen LogP contribution in [0.3, 0.4) is 0 Å². The summed E-state index contributed by atoms with van der Waals surface area (Å²) in [5.74, 6) is 4.18. The molecule has 0 aliphatic rings. The second kappa shape index (κ2) is 9.56. The predicted molar refractivity (Wildman–Crippen MR) is 109 cm³/mol. The molecule has 6 nitrogen and oxygen atoms in total. The predicted octanol–water partition coefficient (Wildman–Crippen LogP) is 3.19. The van der Waals surface area contributed by atoms with Crippen LogP contribution in [0.15, 0.2) is 24.3 Å². The number of methoxy groups -OCH3 is 6. The molecule has 0 fully saturated rings. The molecule has 0 N–H and O–H groups in total. The normalized spacial score (nSPS) is 10.5. The van der Waals surface area contributed by atoms with Crippen molar-refractivity contribution in [1.29, 1.82) is 0 Å². The first-order valence-corrected chi connectivity index (χ1v) is 9.98. The van der Waals surface area contributed by atoms with Gasteiger partial charge in [-0.1, -0.05) is 6.92 Å². The highest BCUT2D eigenvalue weighted by Crippen LogP contribution is 2.47. The van der Waals surface area contributed by atoms with E-state index in [1.54, 1.807) is 42.7 Å². The molecule has 27 heavy (non-hydrogen) atoms. The van der Waals surface area contributed by atoms with E-state index in [0.29, 0.717) is 34.5 Å². The Labute approximate surface area is 162 Å². The molecular weight excluding hydrogens is 367 g/mol. The molecule has 0 saturated carbocycles. The zero-order valence-electron chi connectivity index (χ0n) is 16.9. The van der Waals surface area contributed by atoms with Crippen molar-refractivity contribution in [3.8, 4) is 34.5 Å². The molecule has 0 spiro atoms. The minimum absolute atomic E-state index is 0.673. The van der Waals surface area contributed by atoms with Gasteiger partial charge in [0.1, 0.15) is 34.5 Å². The molecule has 0 heterocycles. The number of hydrogen-bond acceptors (Lipinski definition) is 6. The third-order valence-corrected chi connectivity index (χ3v) is 6.83. The monoisotopic (exact) mass is 394 g/mol. The molecule has 0 amide bonds. The number of benzene rings is 2. The number of rotatable bonds is 9. The summed E-state index contributed by atoms with van der Waals surface area (Å²) in [7, 11) is 8.90. The van der Waals surface area contributed by atoms with Gasteiger partial charge in [0.15, 0.2) is 0 Å². The van der Waals surface area contributed by atoms with Gasteiger partial charge in [0.05, 0.1) is 53.3 Å². The van der Waals surface area contributed by atoms with Crippen molar-refractivity contribution in [3.05, 3.63) is 24.3 Å². The summed E-state index contributed by atoms with van der Waals surface area (Å²) < 4.78 is 33.5. The zero-order chi connectivity index (χ0) is 20.0. The summed E-state index contributed by atoms with van der Waals surface area (Å²) in [6.07, 6.45) is 0.841. The smallest absolute Gasteiger partial charge is 0.134 e. The summed E-state index contributed by atoms with van der Waals surface area (Å²) in [4.78, 5) is 0. The van der Waals surface area contributed by atoms with Gasteiger partial charge in [0.25, 0.3) is 0 Å². The third-order valence-electron chi connectivity index (χ3n) is 4.23. The summed E-state index contributed by atoms with van der Waals surface area (Å²) in [6, 6.07) is 7.47. The fourth-order valence-electron chi connectivity index (χ4n) is 2.93. The van der Waals surface area contributed by atoms with Crippen molar-refractivity contribution in [3.63, 3.8) is 0 Å². The zero-order valence-corrected chi connectivity index (χ0v) is 17.8. The molecule has 148 valence electrons. The van der Waals surface area contributed by atoms with E-state index in [2.05, 4.69) is 6.92 Å². The minimum Gasteiger partial charge on any atom is -0.496 e. The highest BCUT2D eigenvalue weighted by Gasteiger charge is 2.28. The molecule has 0 aliphatic carbocycles. The van der Waals surface area contributed by atoms with Crippen molar-refractivity contribution >= 4 is 18.5 Å². The van der Waals surface area contributed by atoms with Crippen LogP contribution >= 0.6 is 7.92 Å². The first-order valence-electron chi connectivity index (χ1n) is 8.45. The highest BCUT2D eigenvalue weighted by molar-refractivity contribution is 7.73. The lowest BCUT2D eigenvalue weighted by Crippen LogP contribution is -2.21. The first kappa shape index (κ1) is 21.0. The number of hydrogen-bond donors (Lipinski definition) is 0. The molecule has 0 aliphatic heterocycles. The molecule has 0 unspecified atom stereocenters. The molecule has 2 rings (SSSR count). The van der Waals surface area contributed by atoms with Gasteiger partial charge >= 0.3 is 0 Å². The van der Waals surface area contributed by atoms with Crippen LogP contribution in [0.2, 0.25) is 0 Å². The second-order valence-corrected chi connectivity index (χ2v) is 7.89. The maximum atomic E-state index is 5.68. The lowest BCUT2D eigenvalue weighted by molar-refractivity contribution is 0.379. The van der Waals surface area contributed by atoms with Gasteiger partial charge < -0.3 is 28.4 Å². The molecule has 2 aromatic rings. The van der Waals surface area contributed by atoms with Gasteiger partial charge in [0.2, 0.25) is 0 Å².